The first-order valence-electron chi connectivity index (χ1n) is 7.58. The van der Waals surface area contributed by atoms with Crippen molar-refractivity contribution in [3.05, 3.63) is 16.1 Å². The predicted molar refractivity (Wildman–Crippen MR) is 88.6 cm³/mol. The van der Waals surface area contributed by atoms with Crippen LogP contribution in [0.5, 0.6) is 0 Å². The largest absolute Gasteiger partial charge is 0.393 e. The van der Waals surface area contributed by atoms with E-state index in [1.54, 1.807) is 23.1 Å². The number of hydrogen-bond acceptors (Lipinski definition) is 5. The fourth-order valence-corrected chi connectivity index (χ4v) is 4.12. The van der Waals surface area contributed by atoms with Gasteiger partial charge in [0.15, 0.2) is 0 Å². The molecule has 1 saturated carbocycles. The third-order valence-electron chi connectivity index (χ3n) is 3.82. The van der Waals surface area contributed by atoms with E-state index < -0.39 is 0 Å². The monoisotopic (exact) mass is 328 g/mol. The number of thiazole rings is 1. The van der Waals surface area contributed by atoms with Gasteiger partial charge < -0.3 is 10.4 Å². The van der Waals surface area contributed by atoms with Crippen LogP contribution in [0.4, 0.5) is 0 Å². The molecule has 6 heteroatoms. The lowest BCUT2D eigenvalue weighted by Crippen LogP contribution is -2.36. The van der Waals surface area contributed by atoms with E-state index in [0.717, 1.165) is 41.5 Å². The van der Waals surface area contributed by atoms with Gasteiger partial charge in [0.05, 0.1) is 16.8 Å². The minimum atomic E-state index is -0.235. The van der Waals surface area contributed by atoms with E-state index >= 15 is 0 Å². The van der Waals surface area contributed by atoms with Crippen LogP contribution in [0.2, 0.25) is 0 Å². The number of rotatable bonds is 7. The van der Waals surface area contributed by atoms with Gasteiger partial charge in [-0.2, -0.15) is 11.8 Å². The van der Waals surface area contributed by atoms with Crippen molar-refractivity contribution in [1.82, 2.24) is 10.3 Å². The van der Waals surface area contributed by atoms with Crippen LogP contribution in [0.1, 0.15) is 42.8 Å². The Hall–Kier alpha value is -0.590. The molecule has 2 atom stereocenters. The third-order valence-corrected chi connectivity index (χ3v) is 5.64. The third kappa shape index (κ3) is 5.96. The second-order valence-corrected chi connectivity index (χ2v) is 7.74. The van der Waals surface area contributed by atoms with Crippen LogP contribution < -0.4 is 5.32 Å². The van der Waals surface area contributed by atoms with Gasteiger partial charge in [-0.25, -0.2) is 4.98 Å². The molecule has 0 saturated heterocycles. The van der Waals surface area contributed by atoms with Gasteiger partial charge in [0.25, 0.3) is 0 Å². The van der Waals surface area contributed by atoms with Crippen molar-refractivity contribution in [1.29, 1.82) is 0 Å². The number of aliphatic hydroxyl groups is 1. The lowest BCUT2D eigenvalue weighted by atomic mass is 9.86. The van der Waals surface area contributed by atoms with Gasteiger partial charge in [-0.05, 0) is 19.8 Å². The normalized spacial score (nSPS) is 22.2. The van der Waals surface area contributed by atoms with Gasteiger partial charge in [0.2, 0.25) is 5.91 Å². The summed E-state index contributed by atoms with van der Waals surface area (Å²) in [5, 5.41) is 16.0. The zero-order valence-electron chi connectivity index (χ0n) is 12.5. The fraction of sp³-hybridized carbons (Fsp3) is 0.733. The molecule has 1 aliphatic carbocycles. The molecule has 0 aliphatic heterocycles. The van der Waals surface area contributed by atoms with Gasteiger partial charge in [-0.1, -0.05) is 12.8 Å². The molecule has 1 heterocycles. The maximum atomic E-state index is 11.8. The van der Waals surface area contributed by atoms with Crippen LogP contribution in [-0.2, 0) is 10.5 Å². The second-order valence-electron chi connectivity index (χ2n) is 5.58. The number of nitrogens with zero attached hydrogens (tertiary/aromatic N) is 1. The zero-order chi connectivity index (χ0) is 15.1. The standard InChI is InChI=1S/C15H24N2O2S2/c1-11-17-13(10-21-11)9-20-7-6-15(19)16-8-12-4-2-3-5-14(12)18/h10,12,14,18H,2-9H2,1H3,(H,16,19). The summed E-state index contributed by atoms with van der Waals surface area (Å²) in [5.74, 6) is 2.03. The summed E-state index contributed by atoms with van der Waals surface area (Å²) >= 11 is 3.41. The number of carbonyl (C=O) groups excluding carboxylic acids is 1. The number of aryl methyl sites for hydroxylation is 1. The highest BCUT2D eigenvalue weighted by molar-refractivity contribution is 7.98. The van der Waals surface area contributed by atoms with Gasteiger partial charge in [-0.15, -0.1) is 11.3 Å². The molecule has 0 radical (unpaired) electrons. The number of carbonyl (C=O) groups is 1. The maximum absolute atomic E-state index is 11.8. The SMILES string of the molecule is Cc1nc(CSCCC(=O)NCC2CCCCC2O)cs1. The number of amides is 1. The summed E-state index contributed by atoms with van der Waals surface area (Å²) in [6.07, 6.45) is 4.49. The lowest BCUT2D eigenvalue weighted by molar-refractivity contribution is -0.121. The summed E-state index contributed by atoms with van der Waals surface area (Å²) in [6.45, 7) is 2.63. The Labute approximate surface area is 134 Å². The van der Waals surface area contributed by atoms with Crippen molar-refractivity contribution in [3.63, 3.8) is 0 Å². The number of thioether (sulfide) groups is 1. The van der Waals surface area contributed by atoms with Gasteiger partial charge in [0.1, 0.15) is 0 Å². The van der Waals surface area contributed by atoms with Gasteiger partial charge >= 0.3 is 0 Å². The van der Waals surface area contributed by atoms with E-state index in [0.29, 0.717) is 13.0 Å². The Morgan fingerprint density at radius 1 is 1.52 bits per heavy atom. The topological polar surface area (TPSA) is 62.2 Å². The molecule has 1 aromatic rings. The van der Waals surface area contributed by atoms with Crippen molar-refractivity contribution >= 4 is 29.0 Å². The van der Waals surface area contributed by atoms with Crippen molar-refractivity contribution in [2.45, 2.75) is 50.9 Å². The average Bonchev–Trinajstić information content (AvgIpc) is 2.88. The molecule has 4 nitrogen and oxygen atoms in total. The number of aromatic nitrogens is 1. The predicted octanol–water partition coefficient (Wildman–Crippen LogP) is 2.74. The second kappa shape index (κ2) is 8.76. The smallest absolute Gasteiger partial charge is 0.220 e. The first kappa shape index (κ1) is 16.8. The molecule has 0 spiro atoms. The molecule has 21 heavy (non-hydrogen) atoms. The lowest BCUT2D eigenvalue weighted by Gasteiger charge is -2.27. The molecule has 2 rings (SSSR count). The molecule has 0 bridgehead atoms. The van der Waals surface area contributed by atoms with Crippen LogP contribution in [0.3, 0.4) is 0 Å². The maximum Gasteiger partial charge on any atom is 0.220 e. The van der Waals surface area contributed by atoms with Crippen LogP contribution in [0, 0.1) is 12.8 Å². The van der Waals surface area contributed by atoms with Crippen molar-refractivity contribution in [2.75, 3.05) is 12.3 Å². The Bertz CT molecular complexity index is 451. The Balaban J connectivity index is 1.55. The van der Waals surface area contributed by atoms with E-state index in [9.17, 15) is 9.90 Å². The summed E-state index contributed by atoms with van der Waals surface area (Å²) < 4.78 is 0. The Morgan fingerprint density at radius 3 is 3.05 bits per heavy atom. The molecule has 118 valence electrons. The molecule has 0 aromatic carbocycles. The minimum Gasteiger partial charge on any atom is -0.393 e. The fourth-order valence-electron chi connectivity index (χ4n) is 2.58. The molecule has 1 fully saturated rings. The molecular formula is C15H24N2O2S2. The molecule has 1 aromatic heterocycles. The van der Waals surface area contributed by atoms with Crippen LogP contribution in [0.25, 0.3) is 0 Å². The van der Waals surface area contributed by atoms with Crippen molar-refractivity contribution in [3.8, 4) is 0 Å². The highest BCUT2D eigenvalue weighted by atomic mass is 32.2. The quantitative estimate of drug-likeness (QED) is 0.756. The summed E-state index contributed by atoms with van der Waals surface area (Å²) in [7, 11) is 0. The van der Waals surface area contributed by atoms with E-state index in [2.05, 4.69) is 15.7 Å². The average molecular weight is 329 g/mol. The highest BCUT2D eigenvalue weighted by Crippen LogP contribution is 2.23. The van der Waals surface area contributed by atoms with E-state index in [4.69, 9.17) is 0 Å². The highest BCUT2D eigenvalue weighted by Gasteiger charge is 2.23. The van der Waals surface area contributed by atoms with E-state index in [1.807, 2.05) is 6.92 Å². The molecule has 1 aliphatic rings. The molecule has 2 N–H and O–H groups in total. The van der Waals surface area contributed by atoms with Crippen molar-refractivity contribution in [2.24, 2.45) is 5.92 Å². The van der Waals surface area contributed by atoms with Crippen LogP contribution in [0.15, 0.2) is 5.38 Å². The minimum absolute atomic E-state index is 0.0923. The van der Waals surface area contributed by atoms with Crippen LogP contribution >= 0.6 is 23.1 Å². The molecule has 1 amide bonds. The van der Waals surface area contributed by atoms with Gasteiger partial charge in [-0.3, -0.25) is 4.79 Å². The first-order chi connectivity index (χ1) is 10.1. The Morgan fingerprint density at radius 2 is 2.33 bits per heavy atom. The Kier molecular flexibility index (Phi) is 6.99. The summed E-state index contributed by atoms with van der Waals surface area (Å²) in [6, 6.07) is 0. The first-order valence-corrected chi connectivity index (χ1v) is 9.62. The number of nitrogens with one attached hydrogen (secondary N) is 1. The van der Waals surface area contributed by atoms with Crippen molar-refractivity contribution < 1.29 is 9.90 Å². The van der Waals surface area contributed by atoms with Gasteiger partial charge in [0, 0.05) is 35.8 Å². The summed E-state index contributed by atoms with van der Waals surface area (Å²) in [4.78, 5) is 16.2. The van der Waals surface area contributed by atoms with E-state index in [1.165, 1.54) is 6.42 Å². The number of aliphatic hydroxyl groups excluding tert-OH is 1. The molecule has 2 unspecified atom stereocenters. The molecular weight excluding hydrogens is 304 g/mol. The number of hydrogen-bond donors (Lipinski definition) is 2. The zero-order valence-corrected chi connectivity index (χ0v) is 14.1. The summed E-state index contributed by atoms with van der Waals surface area (Å²) in [5.41, 5.74) is 1.10. The van der Waals surface area contributed by atoms with Crippen LogP contribution in [-0.4, -0.2) is 34.4 Å². The van der Waals surface area contributed by atoms with E-state index in [-0.39, 0.29) is 17.9 Å².